The summed E-state index contributed by atoms with van der Waals surface area (Å²) in [7, 11) is 1.77. The van der Waals surface area contributed by atoms with E-state index in [9.17, 15) is 4.79 Å². The van der Waals surface area contributed by atoms with Crippen molar-refractivity contribution in [2.45, 2.75) is 26.7 Å². The van der Waals surface area contributed by atoms with Gasteiger partial charge in [-0.1, -0.05) is 13.8 Å². The highest BCUT2D eigenvalue weighted by molar-refractivity contribution is 5.96. The number of carbonyl (C=O) groups is 1. The van der Waals surface area contributed by atoms with Gasteiger partial charge in [0.05, 0.1) is 18.0 Å². The molecule has 5 nitrogen and oxygen atoms in total. The highest BCUT2D eigenvalue weighted by Crippen LogP contribution is 2.27. The second kappa shape index (κ2) is 4.79. The molecule has 16 heavy (non-hydrogen) atoms. The third-order valence-electron chi connectivity index (χ3n) is 2.82. The molecule has 1 heterocycles. The number of nitriles is 1. The third kappa shape index (κ3) is 2.22. The van der Waals surface area contributed by atoms with E-state index >= 15 is 0 Å². The number of anilines is 1. The first-order valence-electron chi connectivity index (χ1n) is 5.29. The van der Waals surface area contributed by atoms with E-state index in [1.807, 2.05) is 13.8 Å². The van der Waals surface area contributed by atoms with Gasteiger partial charge in [0.2, 0.25) is 5.91 Å². The van der Waals surface area contributed by atoms with Crippen LogP contribution in [0.15, 0.2) is 12.4 Å². The molecule has 0 aliphatic rings. The van der Waals surface area contributed by atoms with Gasteiger partial charge in [-0.05, 0) is 12.8 Å². The number of hydrogen-bond acceptors (Lipinski definition) is 3. The van der Waals surface area contributed by atoms with Crippen molar-refractivity contribution in [1.29, 1.82) is 5.26 Å². The van der Waals surface area contributed by atoms with Crippen molar-refractivity contribution < 1.29 is 4.79 Å². The van der Waals surface area contributed by atoms with Crippen molar-refractivity contribution in [1.82, 2.24) is 9.78 Å². The molecule has 0 saturated heterocycles. The summed E-state index contributed by atoms with van der Waals surface area (Å²) in [6.45, 7) is 3.69. The Kier molecular flexibility index (Phi) is 3.67. The molecule has 0 bridgehead atoms. The summed E-state index contributed by atoms with van der Waals surface area (Å²) in [6, 6.07) is 2.10. The summed E-state index contributed by atoms with van der Waals surface area (Å²) in [5.41, 5.74) is -0.315. The fourth-order valence-corrected chi connectivity index (χ4v) is 1.52. The zero-order valence-corrected chi connectivity index (χ0v) is 9.82. The van der Waals surface area contributed by atoms with E-state index in [4.69, 9.17) is 5.26 Å². The first kappa shape index (κ1) is 12.2. The van der Waals surface area contributed by atoms with E-state index in [0.29, 0.717) is 18.5 Å². The SMILES string of the molecule is CCC(C#N)(CC)C(=O)Nc1cnn(C)c1. The fourth-order valence-electron chi connectivity index (χ4n) is 1.52. The van der Waals surface area contributed by atoms with Crippen LogP contribution in [0.2, 0.25) is 0 Å². The Morgan fingerprint density at radius 2 is 2.25 bits per heavy atom. The van der Waals surface area contributed by atoms with Crippen molar-refractivity contribution in [3.8, 4) is 6.07 Å². The van der Waals surface area contributed by atoms with Crippen molar-refractivity contribution in [2.75, 3.05) is 5.32 Å². The van der Waals surface area contributed by atoms with E-state index in [0.717, 1.165) is 0 Å². The van der Waals surface area contributed by atoms with Crippen LogP contribution in [0.5, 0.6) is 0 Å². The first-order valence-corrected chi connectivity index (χ1v) is 5.29. The minimum atomic E-state index is -0.935. The Hall–Kier alpha value is -1.83. The number of aryl methyl sites for hydroxylation is 1. The summed E-state index contributed by atoms with van der Waals surface area (Å²) in [5, 5.41) is 15.8. The van der Waals surface area contributed by atoms with Crippen LogP contribution in [0.25, 0.3) is 0 Å². The van der Waals surface area contributed by atoms with Gasteiger partial charge >= 0.3 is 0 Å². The number of amides is 1. The van der Waals surface area contributed by atoms with Gasteiger partial charge in [-0.15, -0.1) is 0 Å². The van der Waals surface area contributed by atoms with Crippen LogP contribution in [0.4, 0.5) is 5.69 Å². The Bertz CT molecular complexity index is 412. The van der Waals surface area contributed by atoms with Crippen LogP contribution in [0.1, 0.15) is 26.7 Å². The molecule has 1 aromatic heterocycles. The Morgan fingerprint density at radius 1 is 1.62 bits per heavy atom. The lowest BCUT2D eigenvalue weighted by Gasteiger charge is -2.21. The number of nitrogens with zero attached hydrogens (tertiary/aromatic N) is 3. The van der Waals surface area contributed by atoms with Crippen LogP contribution < -0.4 is 5.32 Å². The lowest BCUT2D eigenvalue weighted by atomic mass is 9.83. The molecular formula is C11H16N4O. The molecule has 0 fully saturated rings. The molecular weight excluding hydrogens is 204 g/mol. The highest BCUT2D eigenvalue weighted by Gasteiger charge is 2.35. The van der Waals surface area contributed by atoms with E-state index in [1.54, 1.807) is 24.1 Å². The summed E-state index contributed by atoms with van der Waals surface area (Å²) in [6.07, 6.45) is 4.27. The lowest BCUT2D eigenvalue weighted by Crippen LogP contribution is -2.33. The predicted octanol–water partition coefficient (Wildman–Crippen LogP) is 1.69. The van der Waals surface area contributed by atoms with Crippen LogP contribution in [-0.2, 0) is 11.8 Å². The molecule has 0 saturated carbocycles. The van der Waals surface area contributed by atoms with Gasteiger partial charge in [-0.25, -0.2) is 0 Å². The van der Waals surface area contributed by atoms with Gasteiger partial charge in [-0.3, -0.25) is 9.48 Å². The second-order valence-corrected chi connectivity index (χ2v) is 3.76. The molecule has 86 valence electrons. The Balaban J connectivity index is 2.82. The van der Waals surface area contributed by atoms with E-state index < -0.39 is 5.41 Å². The van der Waals surface area contributed by atoms with E-state index in [-0.39, 0.29) is 5.91 Å². The van der Waals surface area contributed by atoms with E-state index in [2.05, 4.69) is 16.5 Å². The van der Waals surface area contributed by atoms with Gasteiger partial charge in [0.25, 0.3) is 0 Å². The smallest absolute Gasteiger partial charge is 0.244 e. The minimum Gasteiger partial charge on any atom is -0.322 e. The predicted molar refractivity (Wildman–Crippen MR) is 60.5 cm³/mol. The molecule has 5 heteroatoms. The lowest BCUT2D eigenvalue weighted by molar-refractivity contribution is -0.123. The summed E-state index contributed by atoms with van der Waals surface area (Å²) >= 11 is 0. The zero-order valence-electron chi connectivity index (χ0n) is 9.82. The fraction of sp³-hybridized carbons (Fsp3) is 0.545. The van der Waals surface area contributed by atoms with Crippen LogP contribution in [0, 0.1) is 16.7 Å². The second-order valence-electron chi connectivity index (χ2n) is 3.76. The van der Waals surface area contributed by atoms with Crippen molar-refractivity contribution >= 4 is 11.6 Å². The first-order chi connectivity index (χ1) is 7.57. The number of hydrogen-bond donors (Lipinski definition) is 1. The molecule has 0 unspecified atom stereocenters. The van der Waals surface area contributed by atoms with Crippen LogP contribution >= 0.6 is 0 Å². The number of aromatic nitrogens is 2. The average Bonchev–Trinajstić information content (AvgIpc) is 2.67. The quantitative estimate of drug-likeness (QED) is 0.839. The van der Waals surface area contributed by atoms with Crippen LogP contribution in [0.3, 0.4) is 0 Å². The third-order valence-corrected chi connectivity index (χ3v) is 2.82. The Labute approximate surface area is 95.1 Å². The Morgan fingerprint density at radius 3 is 2.62 bits per heavy atom. The molecule has 0 spiro atoms. The summed E-state index contributed by atoms with van der Waals surface area (Å²) in [4.78, 5) is 12.0. The standard InChI is InChI=1S/C11H16N4O/c1-4-11(5-2,8-12)10(16)14-9-6-13-15(3)7-9/h6-7H,4-5H2,1-3H3,(H,14,16). The number of carbonyl (C=O) groups excluding carboxylic acids is 1. The maximum Gasteiger partial charge on any atom is 0.244 e. The number of nitrogens with one attached hydrogen (secondary N) is 1. The molecule has 0 aliphatic carbocycles. The van der Waals surface area contributed by atoms with Gasteiger partial charge in [-0.2, -0.15) is 10.4 Å². The largest absolute Gasteiger partial charge is 0.322 e. The normalized spacial score (nSPS) is 10.9. The molecule has 0 aliphatic heterocycles. The van der Waals surface area contributed by atoms with Gasteiger partial charge in [0, 0.05) is 13.2 Å². The summed E-state index contributed by atoms with van der Waals surface area (Å²) in [5.74, 6) is -0.256. The summed E-state index contributed by atoms with van der Waals surface area (Å²) < 4.78 is 1.60. The van der Waals surface area contributed by atoms with E-state index in [1.165, 1.54) is 0 Å². The van der Waals surface area contributed by atoms with Gasteiger partial charge in [0.15, 0.2) is 0 Å². The maximum atomic E-state index is 12.0. The molecule has 1 N–H and O–H groups in total. The molecule has 0 radical (unpaired) electrons. The zero-order chi connectivity index (χ0) is 12.2. The molecule has 1 aromatic rings. The van der Waals surface area contributed by atoms with Crippen LogP contribution in [-0.4, -0.2) is 15.7 Å². The van der Waals surface area contributed by atoms with Crippen molar-refractivity contribution in [3.63, 3.8) is 0 Å². The molecule has 1 rings (SSSR count). The molecule has 1 amide bonds. The van der Waals surface area contributed by atoms with Gasteiger partial charge < -0.3 is 5.32 Å². The molecule has 0 aromatic carbocycles. The topological polar surface area (TPSA) is 70.7 Å². The number of rotatable bonds is 4. The van der Waals surface area contributed by atoms with Gasteiger partial charge in [0.1, 0.15) is 5.41 Å². The molecule has 0 atom stereocenters. The van der Waals surface area contributed by atoms with Crippen molar-refractivity contribution in [3.05, 3.63) is 12.4 Å². The monoisotopic (exact) mass is 220 g/mol. The minimum absolute atomic E-state index is 0.256. The average molecular weight is 220 g/mol. The maximum absolute atomic E-state index is 12.0. The van der Waals surface area contributed by atoms with Crippen molar-refractivity contribution in [2.24, 2.45) is 12.5 Å². The highest BCUT2D eigenvalue weighted by atomic mass is 16.2.